The number of para-hydroxylation sites is 1. The highest BCUT2D eigenvalue weighted by Gasteiger charge is 2.38. The fourth-order valence-electron chi connectivity index (χ4n) is 2.69. The second-order valence-corrected chi connectivity index (χ2v) is 4.17. The first-order valence-corrected chi connectivity index (χ1v) is 5.24. The Bertz CT molecular complexity index is 386. The Morgan fingerprint density at radius 1 is 1.29 bits per heavy atom. The van der Waals surface area contributed by atoms with Crippen molar-refractivity contribution in [2.75, 3.05) is 5.32 Å². The van der Waals surface area contributed by atoms with Crippen LogP contribution < -0.4 is 5.32 Å². The van der Waals surface area contributed by atoms with Crippen molar-refractivity contribution in [1.29, 1.82) is 0 Å². The summed E-state index contributed by atoms with van der Waals surface area (Å²) in [5.41, 5.74) is 2.37. The lowest BCUT2D eigenvalue weighted by Gasteiger charge is -2.24. The Morgan fingerprint density at radius 3 is 3.07 bits per heavy atom. The highest BCUT2D eigenvalue weighted by atomic mass is 16.1. The summed E-state index contributed by atoms with van der Waals surface area (Å²) >= 11 is 0. The van der Waals surface area contributed by atoms with E-state index in [4.69, 9.17) is 0 Å². The lowest BCUT2D eigenvalue weighted by Crippen LogP contribution is -2.30. The van der Waals surface area contributed by atoms with E-state index in [1.165, 1.54) is 5.56 Å². The van der Waals surface area contributed by atoms with Crippen molar-refractivity contribution in [2.45, 2.75) is 31.2 Å². The number of carbonyl (C=O) groups is 1. The molecular formula is C12H13NO. The molecule has 0 amide bonds. The summed E-state index contributed by atoms with van der Waals surface area (Å²) in [6.45, 7) is 0. The van der Waals surface area contributed by atoms with Crippen LogP contribution in [0.25, 0.3) is 0 Å². The molecule has 1 aromatic rings. The minimum absolute atomic E-state index is 0.139. The van der Waals surface area contributed by atoms with Crippen molar-refractivity contribution in [3.05, 3.63) is 29.8 Å². The molecule has 72 valence electrons. The molecule has 2 aliphatic rings. The van der Waals surface area contributed by atoms with Gasteiger partial charge in [-0.15, -0.1) is 0 Å². The van der Waals surface area contributed by atoms with Gasteiger partial charge in [0.2, 0.25) is 0 Å². The van der Waals surface area contributed by atoms with Gasteiger partial charge in [-0.2, -0.15) is 0 Å². The minimum Gasteiger partial charge on any atom is -0.381 e. The molecule has 2 atom stereocenters. The van der Waals surface area contributed by atoms with E-state index in [2.05, 4.69) is 17.4 Å². The molecule has 2 nitrogen and oxygen atoms in total. The number of carbonyl (C=O) groups excluding carboxylic acids is 1. The van der Waals surface area contributed by atoms with Gasteiger partial charge in [-0.1, -0.05) is 18.2 Å². The summed E-state index contributed by atoms with van der Waals surface area (Å²) in [6, 6.07) is 8.56. The number of rotatable bonds is 0. The molecule has 1 aliphatic carbocycles. The van der Waals surface area contributed by atoms with E-state index in [0.717, 1.165) is 24.9 Å². The van der Waals surface area contributed by atoms with Crippen LogP contribution in [-0.4, -0.2) is 11.8 Å². The van der Waals surface area contributed by atoms with Crippen LogP contribution in [0, 0.1) is 0 Å². The molecule has 0 aromatic heterocycles. The first-order valence-electron chi connectivity index (χ1n) is 5.24. The van der Waals surface area contributed by atoms with Crippen LogP contribution in [0.3, 0.4) is 0 Å². The van der Waals surface area contributed by atoms with Crippen LogP contribution in [0.2, 0.25) is 0 Å². The molecule has 0 spiro atoms. The number of fused-ring (bicyclic) bond motifs is 3. The molecule has 1 aromatic carbocycles. The third-order valence-electron chi connectivity index (χ3n) is 3.32. The van der Waals surface area contributed by atoms with E-state index >= 15 is 0 Å². The summed E-state index contributed by atoms with van der Waals surface area (Å²) in [5, 5.41) is 3.45. The smallest absolute Gasteiger partial charge is 0.142 e. The third kappa shape index (κ3) is 0.999. The standard InChI is InChI=1S/C12H13NO/c14-11-7-3-6-10-12(11)8-4-1-2-5-9(8)13-10/h1-2,4-5,10,12-13H,3,6-7H2/t10-,12+/m1/s1. The Hall–Kier alpha value is -1.31. The molecule has 1 N–H and O–H groups in total. The van der Waals surface area contributed by atoms with Gasteiger partial charge in [0.25, 0.3) is 0 Å². The van der Waals surface area contributed by atoms with Gasteiger partial charge < -0.3 is 5.32 Å². The van der Waals surface area contributed by atoms with Gasteiger partial charge >= 0.3 is 0 Å². The molecule has 1 fully saturated rings. The quantitative estimate of drug-likeness (QED) is 0.675. The second-order valence-electron chi connectivity index (χ2n) is 4.17. The predicted molar refractivity (Wildman–Crippen MR) is 55.5 cm³/mol. The Labute approximate surface area is 83.3 Å². The van der Waals surface area contributed by atoms with Gasteiger partial charge in [-0.25, -0.2) is 0 Å². The summed E-state index contributed by atoms with van der Waals surface area (Å²) in [6.07, 6.45) is 2.93. The predicted octanol–water partition coefficient (Wildman–Crippen LogP) is 2.32. The van der Waals surface area contributed by atoms with E-state index in [1.807, 2.05) is 12.1 Å². The maximum Gasteiger partial charge on any atom is 0.142 e. The van der Waals surface area contributed by atoms with Gasteiger partial charge in [0, 0.05) is 18.2 Å². The maximum atomic E-state index is 11.8. The van der Waals surface area contributed by atoms with Crippen LogP contribution in [0.5, 0.6) is 0 Å². The van der Waals surface area contributed by atoms with Gasteiger partial charge in [0.1, 0.15) is 5.78 Å². The lowest BCUT2D eigenvalue weighted by atomic mass is 9.82. The minimum atomic E-state index is 0.139. The second kappa shape index (κ2) is 2.84. The van der Waals surface area contributed by atoms with Crippen molar-refractivity contribution in [2.24, 2.45) is 0 Å². The SMILES string of the molecule is O=C1CCC[C@H]2Nc3ccccc3[C@H]12. The van der Waals surface area contributed by atoms with Crippen LogP contribution >= 0.6 is 0 Å². The molecule has 0 bridgehead atoms. The van der Waals surface area contributed by atoms with Crippen LogP contribution in [-0.2, 0) is 4.79 Å². The van der Waals surface area contributed by atoms with Gasteiger partial charge in [-0.05, 0) is 24.5 Å². The highest BCUT2D eigenvalue weighted by Crippen LogP contribution is 2.41. The van der Waals surface area contributed by atoms with Gasteiger partial charge in [0.15, 0.2) is 0 Å². The molecule has 3 rings (SSSR count). The average Bonchev–Trinajstić information content (AvgIpc) is 2.57. The largest absolute Gasteiger partial charge is 0.381 e. The monoisotopic (exact) mass is 187 g/mol. The number of ketones is 1. The van der Waals surface area contributed by atoms with Crippen LogP contribution in [0.4, 0.5) is 5.69 Å². The fraction of sp³-hybridized carbons (Fsp3) is 0.417. The van der Waals surface area contributed by atoms with Crippen molar-refractivity contribution in [3.63, 3.8) is 0 Å². The molecule has 1 saturated carbocycles. The Kier molecular flexibility index (Phi) is 1.63. The van der Waals surface area contributed by atoms with Crippen molar-refractivity contribution < 1.29 is 4.79 Å². The molecule has 2 heteroatoms. The van der Waals surface area contributed by atoms with E-state index in [0.29, 0.717) is 11.8 Å². The van der Waals surface area contributed by atoms with E-state index < -0.39 is 0 Å². The highest BCUT2D eigenvalue weighted by molar-refractivity contribution is 5.91. The van der Waals surface area contributed by atoms with Crippen LogP contribution in [0.15, 0.2) is 24.3 Å². The number of benzene rings is 1. The van der Waals surface area contributed by atoms with E-state index in [-0.39, 0.29) is 5.92 Å². The molecule has 0 saturated heterocycles. The zero-order valence-electron chi connectivity index (χ0n) is 7.99. The normalized spacial score (nSPS) is 29.3. The molecule has 0 unspecified atom stereocenters. The number of anilines is 1. The summed E-state index contributed by atoms with van der Waals surface area (Å²) in [4.78, 5) is 11.8. The molecule has 0 radical (unpaired) electrons. The number of hydrogen-bond donors (Lipinski definition) is 1. The lowest BCUT2D eigenvalue weighted by molar-refractivity contribution is -0.121. The third-order valence-corrected chi connectivity index (χ3v) is 3.32. The first-order chi connectivity index (χ1) is 6.86. The Balaban J connectivity index is 2.07. The van der Waals surface area contributed by atoms with Gasteiger partial charge in [0.05, 0.1) is 5.92 Å². The van der Waals surface area contributed by atoms with Gasteiger partial charge in [-0.3, -0.25) is 4.79 Å². The first kappa shape index (κ1) is 8.04. The van der Waals surface area contributed by atoms with Crippen molar-refractivity contribution >= 4 is 11.5 Å². The Morgan fingerprint density at radius 2 is 2.14 bits per heavy atom. The number of hydrogen-bond acceptors (Lipinski definition) is 2. The molecular weight excluding hydrogens is 174 g/mol. The molecule has 14 heavy (non-hydrogen) atoms. The molecule has 1 aliphatic heterocycles. The van der Waals surface area contributed by atoms with Crippen molar-refractivity contribution in [3.8, 4) is 0 Å². The van der Waals surface area contributed by atoms with E-state index in [1.54, 1.807) is 0 Å². The maximum absolute atomic E-state index is 11.8. The topological polar surface area (TPSA) is 29.1 Å². The number of Topliss-reactive ketones (excluding diaryl/α,β-unsaturated/α-hetero) is 1. The zero-order valence-corrected chi connectivity index (χ0v) is 7.99. The summed E-state index contributed by atoms with van der Waals surface area (Å²) < 4.78 is 0. The van der Waals surface area contributed by atoms with Crippen molar-refractivity contribution in [1.82, 2.24) is 0 Å². The zero-order chi connectivity index (χ0) is 9.54. The van der Waals surface area contributed by atoms with E-state index in [9.17, 15) is 4.79 Å². The average molecular weight is 187 g/mol. The molecule has 1 heterocycles. The summed E-state index contributed by atoms with van der Waals surface area (Å²) in [7, 11) is 0. The number of nitrogens with one attached hydrogen (secondary N) is 1. The fourth-order valence-corrected chi connectivity index (χ4v) is 2.69. The summed E-state index contributed by atoms with van der Waals surface area (Å²) in [5.74, 6) is 0.554. The van der Waals surface area contributed by atoms with Crippen LogP contribution in [0.1, 0.15) is 30.7 Å².